The van der Waals surface area contributed by atoms with Crippen LogP contribution in [0.1, 0.15) is 31.1 Å². The molecule has 0 aliphatic carbocycles. The van der Waals surface area contributed by atoms with Crippen LogP contribution < -0.4 is 20.1 Å². The number of nitrogens with zero attached hydrogens (tertiary/aromatic N) is 2. The van der Waals surface area contributed by atoms with E-state index in [9.17, 15) is 0 Å². The summed E-state index contributed by atoms with van der Waals surface area (Å²) in [5, 5.41) is 10.4. The molecule has 0 aliphatic rings. The quantitative estimate of drug-likeness (QED) is 0.376. The van der Waals surface area contributed by atoms with Gasteiger partial charge in [0.05, 0.1) is 26.8 Å². The molecule has 25 heavy (non-hydrogen) atoms. The van der Waals surface area contributed by atoms with Crippen molar-refractivity contribution in [2.24, 2.45) is 4.99 Å². The Morgan fingerprint density at radius 3 is 2.68 bits per heavy atom. The number of hydrogen-bond donors (Lipinski definition) is 2. The number of methoxy groups -OCH3 is 2. The lowest BCUT2D eigenvalue weighted by Crippen LogP contribution is -2.38. The largest absolute Gasteiger partial charge is 0.497 e. The van der Waals surface area contributed by atoms with Gasteiger partial charge in [-0.15, -0.1) is 24.0 Å². The fraction of sp³-hybridized carbons (Fsp3) is 0.412. The summed E-state index contributed by atoms with van der Waals surface area (Å²) in [6.45, 7) is 5.25. The summed E-state index contributed by atoms with van der Waals surface area (Å²) in [6, 6.07) is 7.49. The Labute approximate surface area is 165 Å². The molecule has 2 aromatic rings. The number of guanidine groups is 1. The van der Waals surface area contributed by atoms with E-state index in [4.69, 9.17) is 14.0 Å². The minimum atomic E-state index is -0.0230. The Bertz CT molecular complexity index is 662. The Hall–Kier alpha value is -1.97. The van der Waals surface area contributed by atoms with E-state index in [1.807, 2.05) is 32.0 Å². The Morgan fingerprint density at radius 1 is 1.28 bits per heavy atom. The highest BCUT2D eigenvalue weighted by Crippen LogP contribution is 2.29. The molecule has 0 saturated heterocycles. The molecule has 0 radical (unpaired) electrons. The highest BCUT2D eigenvalue weighted by atomic mass is 127. The first-order valence-corrected chi connectivity index (χ1v) is 7.84. The van der Waals surface area contributed by atoms with Crippen molar-refractivity contribution in [3.8, 4) is 11.5 Å². The molecule has 2 rings (SSSR count). The third kappa shape index (κ3) is 6.11. The summed E-state index contributed by atoms with van der Waals surface area (Å²) < 4.78 is 15.6. The second-order valence-corrected chi connectivity index (χ2v) is 5.16. The monoisotopic (exact) mass is 460 g/mol. The van der Waals surface area contributed by atoms with E-state index in [-0.39, 0.29) is 30.0 Å². The van der Waals surface area contributed by atoms with Gasteiger partial charge in [-0.25, -0.2) is 4.99 Å². The topological polar surface area (TPSA) is 80.9 Å². The summed E-state index contributed by atoms with van der Waals surface area (Å²) in [6.07, 6.45) is 1.54. The van der Waals surface area contributed by atoms with Crippen LogP contribution in [0.15, 0.2) is 40.0 Å². The zero-order valence-electron chi connectivity index (χ0n) is 14.9. The van der Waals surface area contributed by atoms with E-state index in [1.54, 1.807) is 20.3 Å². The number of aromatic nitrogens is 1. The van der Waals surface area contributed by atoms with Gasteiger partial charge in [-0.3, -0.25) is 0 Å². The molecule has 0 spiro atoms. The standard InChI is InChI=1S/C17H24N4O3.HI/c1-5-18-17(19-11-13-8-9-24-21-13)20-12(2)15-10-14(22-3)6-7-16(15)23-4;/h6-10,12H,5,11H2,1-4H3,(H2,18,19,20);1H. The van der Waals surface area contributed by atoms with Crippen molar-refractivity contribution >= 4 is 29.9 Å². The Balaban J connectivity index is 0.00000312. The third-order valence-corrected chi connectivity index (χ3v) is 3.49. The summed E-state index contributed by atoms with van der Waals surface area (Å²) in [5.41, 5.74) is 1.77. The van der Waals surface area contributed by atoms with Gasteiger partial charge < -0.3 is 24.6 Å². The Kier molecular flexibility index (Phi) is 9.11. The van der Waals surface area contributed by atoms with Crippen molar-refractivity contribution in [1.82, 2.24) is 15.8 Å². The lowest BCUT2D eigenvalue weighted by molar-refractivity contribution is 0.394. The maximum atomic E-state index is 5.45. The van der Waals surface area contributed by atoms with Crippen LogP contribution in [-0.4, -0.2) is 31.9 Å². The van der Waals surface area contributed by atoms with Gasteiger partial charge in [-0.1, -0.05) is 5.16 Å². The normalized spacial score (nSPS) is 12.1. The smallest absolute Gasteiger partial charge is 0.192 e. The van der Waals surface area contributed by atoms with Gasteiger partial charge in [0, 0.05) is 18.2 Å². The number of halogens is 1. The van der Waals surface area contributed by atoms with E-state index < -0.39 is 0 Å². The maximum Gasteiger partial charge on any atom is 0.192 e. The minimum Gasteiger partial charge on any atom is -0.497 e. The van der Waals surface area contributed by atoms with E-state index >= 15 is 0 Å². The fourth-order valence-corrected chi connectivity index (χ4v) is 2.26. The Morgan fingerprint density at radius 2 is 2.08 bits per heavy atom. The maximum absolute atomic E-state index is 5.45. The van der Waals surface area contributed by atoms with Gasteiger partial charge in [0.1, 0.15) is 23.5 Å². The molecule has 7 nitrogen and oxygen atoms in total. The molecule has 0 bridgehead atoms. The van der Waals surface area contributed by atoms with Crippen LogP contribution in [0.4, 0.5) is 0 Å². The number of benzene rings is 1. The molecule has 138 valence electrons. The van der Waals surface area contributed by atoms with Crippen molar-refractivity contribution in [1.29, 1.82) is 0 Å². The number of nitrogens with one attached hydrogen (secondary N) is 2. The molecule has 2 N–H and O–H groups in total. The van der Waals surface area contributed by atoms with Crippen molar-refractivity contribution in [3.63, 3.8) is 0 Å². The van der Waals surface area contributed by atoms with E-state index in [2.05, 4.69) is 20.8 Å². The molecule has 1 atom stereocenters. The lowest BCUT2D eigenvalue weighted by atomic mass is 10.1. The predicted molar refractivity (Wildman–Crippen MR) is 108 cm³/mol. The molecule has 1 heterocycles. The third-order valence-electron chi connectivity index (χ3n) is 3.49. The van der Waals surface area contributed by atoms with Gasteiger partial charge in [0.2, 0.25) is 0 Å². The van der Waals surface area contributed by atoms with Crippen LogP contribution in [0.5, 0.6) is 11.5 Å². The fourth-order valence-electron chi connectivity index (χ4n) is 2.26. The molecule has 0 aliphatic heterocycles. The zero-order valence-corrected chi connectivity index (χ0v) is 17.2. The zero-order chi connectivity index (χ0) is 17.4. The van der Waals surface area contributed by atoms with E-state index in [0.717, 1.165) is 29.3 Å². The highest BCUT2D eigenvalue weighted by Gasteiger charge is 2.14. The minimum absolute atomic E-state index is 0. The number of rotatable bonds is 7. The van der Waals surface area contributed by atoms with Crippen LogP contribution >= 0.6 is 24.0 Å². The highest BCUT2D eigenvalue weighted by molar-refractivity contribution is 14.0. The first kappa shape index (κ1) is 21.1. The molecular weight excluding hydrogens is 435 g/mol. The van der Waals surface area contributed by atoms with Crippen molar-refractivity contribution in [3.05, 3.63) is 41.8 Å². The number of hydrogen-bond acceptors (Lipinski definition) is 5. The summed E-state index contributed by atoms with van der Waals surface area (Å²) in [7, 11) is 3.30. The second kappa shape index (κ2) is 10.8. The van der Waals surface area contributed by atoms with E-state index in [0.29, 0.717) is 12.5 Å². The molecule has 0 amide bonds. The van der Waals surface area contributed by atoms with Crippen molar-refractivity contribution in [2.75, 3.05) is 20.8 Å². The van der Waals surface area contributed by atoms with Crippen LogP contribution in [0, 0.1) is 0 Å². The lowest BCUT2D eigenvalue weighted by Gasteiger charge is -2.20. The number of ether oxygens (including phenoxy) is 2. The van der Waals surface area contributed by atoms with Gasteiger partial charge in [0.15, 0.2) is 5.96 Å². The van der Waals surface area contributed by atoms with Crippen LogP contribution in [0.2, 0.25) is 0 Å². The van der Waals surface area contributed by atoms with Gasteiger partial charge in [-0.2, -0.15) is 0 Å². The van der Waals surface area contributed by atoms with Crippen molar-refractivity contribution < 1.29 is 14.0 Å². The molecule has 1 aromatic carbocycles. The van der Waals surface area contributed by atoms with E-state index in [1.165, 1.54) is 6.26 Å². The first-order valence-electron chi connectivity index (χ1n) is 7.84. The average Bonchev–Trinajstić information content (AvgIpc) is 3.12. The average molecular weight is 460 g/mol. The van der Waals surface area contributed by atoms with Gasteiger partial charge >= 0.3 is 0 Å². The molecular formula is C17H25IN4O3. The van der Waals surface area contributed by atoms with Crippen LogP contribution in [-0.2, 0) is 6.54 Å². The summed E-state index contributed by atoms with van der Waals surface area (Å²) >= 11 is 0. The molecule has 0 saturated carbocycles. The van der Waals surface area contributed by atoms with Crippen LogP contribution in [0.3, 0.4) is 0 Å². The second-order valence-electron chi connectivity index (χ2n) is 5.16. The number of aliphatic imine (C=N–C) groups is 1. The molecule has 8 heteroatoms. The van der Waals surface area contributed by atoms with Gasteiger partial charge in [0.25, 0.3) is 0 Å². The summed E-state index contributed by atoms with van der Waals surface area (Å²) in [5.74, 6) is 2.27. The predicted octanol–water partition coefficient (Wildman–Crippen LogP) is 3.13. The molecule has 0 fully saturated rings. The summed E-state index contributed by atoms with van der Waals surface area (Å²) in [4.78, 5) is 4.52. The van der Waals surface area contributed by atoms with Crippen LogP contribution in [0.25, 0.3) is 0 Å². The molecule has 1 aromatic heterocycles. The first-order chi connectivity index (χ1) is 11.7. The SMILES string of the molecule is CCNC(=NCc1ccon1)NC(C)c1cc(OC)ccc1OC.I. The molecule has 1 unspecified atom stereocenters. The van der Waals surface area contributed by atoms with Crippen molar-refractivity contribution in [2.45, 2.75) is 26.4 Å². The van der Waals surface area contributed by atoms with Gasteiger partial charge in [-0.05, 0) is 32.0 Å².